The average molecular weight is 453 g/mol. The second kappa shape index (κ2) is 9.90. The quantitative estimate of drug-likeness (QED) is 0.691. The highest BCUT2D eigenvalue weighted by Gasteiger charge is 2.32. The maximum absolute atomic E-state index is 14.0. The monoisotopic (exact) mass is 452 g/mol. The third-order valence-electron chi connectivity index (χ3n) is 5.56. The molecular weight excluding hydrogens is 427 g/mol. The molecule has 0 bridgehead atoms. The summed E-state index contributed by atoms with van der Waals surface area (Å²) in [6.45, 7) is 3.06. The van der Waals surface area contributed by atoms with Gasteiger partial charge in [-0.1, -0.05) is 54.9 Å². The van der Waals surface area contributed by atoms with Crippen LogP contribution in [0.4, 0.5) is 4.39 Å². The van der Waals surface area contributed by atoms with Crippen molar-refractivity contribution in [2.45, 2.75) is 31.4 Å². The molecule has 0 spiro atoms. The number of sulfonamides is 1. The predicted molar refractivity (Wildman–Crippen MR) is 116 cm³/mol. The minimum Gasteiger partial charge on any atom is -0.355 e. The Morgan fingerprint density at radius 2 is 1.83 bits per heavy atom. The van der Waals surface area contributed by atoms with Crippen LogP contribution in [0.2, 0.25) is 5.02 Å². The molecule has 1 atom stereocenters. The molecule has 1 amide bonds. The number of nitrogens with zero attached hydrogens (tertiary/aromatic N) is 1. The fourth-order valence-corrected chi connectivity index (χ4v) is 5.55. The second-order valence-electron chi connectivity index (χ2n) is 7.69. The van der Waals surface area contributed by atoms with Crippen molar-refractivity contribution in [3.63, 3.8) is 0 Å². The van der Waals surface area contributed by atoms with Crippen LogP contribution in [0.25, 0.3) is 0 Å². The van der Waals surface area contributed by atoms with Crippen LogP contribution in [0.15, 0.2) is 48.5 Å². The van der Waals surface area contributed by atoms with E-state index in [0.717, 1.165) is 5.56 Å². The lowest BCUT2D eigenvalue weighted by Crippen LogP contribution is -2.43. The van der Waals surface area contributed by atoms with Gasteiger partial charge in [-0.25, -0.2) is 17.1 Å². The van der Waals surface area contributed by atoms with Crippen LogP contribution in [-0.4, -0.2) is 38.3 Å². The number of hydrogen-bond donors (Lipinski definition) is 1. The fraction of sp³-hybridized carbons (Fsp3) is 0.409. The summed E-state index contributed by atoms with van der Waals surface area (Å²) in [5, 5.41) is 3.08. The molecule has 1 aliphatic rings. The SMILES string of the molecule is C[C@H](CNC(=O)C1CCN(S(=O)(=O)Cc2c(F)cccc2Cl)CC1)c1ccccc1. The number of nitrogens with one attached hydrogen (secondary N) is 1. The first kappa shape index (κ1) is 22.7. The molecule has 8 heteroatoms. The van der Waals surface area contributed by atoms with Gasteiger partial charge in [-0.15, -0.1) is 0 Å². The Morgan fingerprint density at radius 3 is 2.47 bits per heavy atom. The standard InChI is InChI=1S/C22H26ClFN2O3S/c1-16(17-6-3-2-4-7-17)14-25-22(27)18-10-12-26(13-11-18)30(28,29)15-19-20(23)8-5-9-21(19)24/h2-9,16,18H,10-15H2,1H3,(H,25,27)/t16-/m1/s1. The Kier molecular flexibility index (Phi) is 7.50. The molecule has 1 fully saturated rings. The fourth-order valence-electron chi connectivity index (χ4n) is 3.64. The van der Waals surface area contributed by atoms with E-state index in [1.54, 1.807) is 0 Å². The van der Waals surface area contributed by atoms with Crippen molar-refractivity contribution in [3.05, 3.63) is 70.5 Å². The molecule has 30 heavy (non-hydrogen) atoms. The average Bonchev–Trinajstić information content (AvgIpc) is 2.75. The molecule has 0 radical (unpaired) electrons. The molecule has 162 valence electrons. The third-order valence-corrected chi connectivity index (χ3v) is 7.72. The molecule has 1 N–H and O–H groups in total. The zero-order valence-corrected chi connectivity index (χ0v) is 18.4. The lowest BCUT2D eigenvalue weighted by Gasteiger charge is -2.31. The van der Waals surface area contributed by atoms with Crippen LogP contribution in [-0.2, 0) is 20.6 Å². The molecule has 0 aromatic heterocycles. The number of amides is 1. The number of carbonyl (C=O) groups is 1. The first-order valence-electron chi connectivity index (χ1n) is 10.0. The zero-order chi connectivity index (χ0) is 21.7. The van der Waals surface area contributed by atoms with Crippen LogP contribution >= 0.6 is 11.6 Å². The van der Waals surface area contributed by atoms with Gasteiger partial charge in [0.05, 0.1) is 5.75 Å². The Bertz CT molecular complexity index is 957. The summed E-state index contributed by atoms with van der Waals surface area (Å²) in [4.78, 5) is 12.5. The lowest BCUT2D eigenvalue weighted by molar-refractivity contribution is -0.126. The molecular formula is C22H26ClFN2O3S. The van der Waals surface area contributed by atoms with Gasteiger partial charge in [0.25, 0.3) is 0 Å². The summed E-state index contributed by atoms with van der Waals surface area (Å²) in [5.41, 5.74) is 1.14. The van der Waals surface area contributed by atoms with Crippen molar-refractivity contribution in [2.75, 3.05) is 19.6 Å². The highest BCUT2D eigenvalue weighted by atomic mass is 35.5. The van der Waals surface area contributed by atoms with Crippen molar-refractivity contribution in [2.24, 2.45) is 5.92 Å². The van der Waals surface area contributed by atoms with Gasteiger partial charge < -0.3 is 5.32 Å². The number of carbonyl (C=O) groups excluding carboxylic acids is 1. The van der Waals surface area contributed by atoms with Gasteiger partial charge in [0, 0.05) is 36.1 Å². The number of piperidine rings is 1. The Morgan fingerprint density at radius 1 is 1.17 bits per heavy atom. The van der Waals surface area contributed by atoms with Crippen LogP contribution in [0.1, 0.15) is 36.8 Å². The van der Waals surface area contributed by atoms with E-state index in [1.807, 2.05) is 30.3 Å². The first-order valence-corrected chi connectivity index (χ1v) is 12.0. The van der Waals surface area contributed by atoms with Crippen LogP contribution in [0, 0.1) is 11.7 Å². The summed E-state index contributed by atoms with van der Waals surface area (Å²) >= 11 is 5.97. The molecule has 3 rings (SSSR count). The van der Waals surface area contributed by atoms with Crippen LogP contribution in [0.3, 0.4) is 0 Å². The molecule has 1 aliphatic heterocycles. The molecule has 0 saturated carbocycles. The van der Waals surface area contributed by atoms with E-state index in [0.29, 0.717) is 19.4 Å². The van der Waals surface area contributed by atoms with Gasteiger partial charge in [-0.3, -0.25) is 4.79 Å². The first-order chi connectivity index (χ1) is 14.3. The lowest BCUT2D eigenvalue weighted by atomic mass is 9.96. The summed E-state index contributed by atoms with van der Waals surface area (Å²) in [5.74, 6) is -1.19. The molecule has 2 aromatic rings. The van der Waals surface area contributed by atoms with Gasteiger partial charge in [-0.05, 0) is 36.5 Å². The number of hydrogen-bond acceptors (Lipinski definition) is 3. The molecule has 0 aliphatic carbocycles. The van der Waals surface area contributed by atoms with E-state index in [2.05, 4.69) is 12.2 Å². The molecule has 1 heterocycles. The van der Waals surface area contributed by atoms with Gasteiger partial charge >= 0.3 is 0 Å². The minimum atomic E-state index is -3.72. The number of rotatable bonds is 7. The van der Waals surface area contributed by atoms with Crippen molar-refractivity contribution in [3.8, 4) is 0 Å². The van der Waals surface area contributed by atoms with E-state index in [9.17, 15) is 17.6 Å². The maximum Gasteiger partial charge on any atom is 0.223 e. The predicted octanol–water partition coefficient (Wildman–Crippen LogP) is 3.94. The van der Waals surface area contributed by atoms with E-state index in [4.69, 9.17) is 11.6 Å². The zero-order valence-electron chi connectivity index (χ0n) is 16.9. The van der Waals surface area contributed by atoms with Gasteiger partial charge in [0.2, 0.25) is 15.9 Å². The second-order valence-corrected chi connectivity index (χ2v) is 10.1. The normalized spacial score (nSPS) is 16.9. The van der Waals surface area contributed by atoms with E-state index in [1.165, 1.54) is 22.5 Å². The number of benzene rings is 2. The van der Waals surface area contributed by atoms with Crippen molar-refractivity contribution < 1.29 is 17.6 Å². The van der Waals surface area contributed by atoms with Gasteiger partial charge in [0.1, 0.15) is 5.82 Å². The highest BCUT2D eigenvalue weighted by Crippen LogP contribution is 2.26. The maximum atomic E-state index is 14.0. The van der Waals surface area contributed by atoms with Gasteiger partial charge in [0.15, 0.2) is 0 Å². The van der Waals surface area contributed by atoms with Crippen molar-refractivity contribution in [1.29, 1.82) is 0 Å². The Hall–Kier alpha value is -1.96. The Balaban J connectivity index is 1.52. The van der Waals surface area contributed by atoms with E-state index < -0.39 is 21.6 Å². The molecule has 2 aromatic carbocycles. The smallest absolute Gasteiger partial charge is 0.223 e. The topological polar surface area (TPSA) is 66.5 Å². The minimum absolute atomic E-state index is 0.0195. The summed E-state index contributed by atoms with van der Waals surface area (Å²) in [6, 6.07) is 14.1. The number of halogens is 2. The van der Waals surface area contributed by atoms with Crippen molar-refractivity contribution in [1.82, 2.24) is 9.62 Å². The summed E-state index contributed by atoms with van der Waals surface area (Å²) < 4.78 is 40.7. The molecule has 0 unspecified atom stereocenters. The van der Waals surface area contributed by atoms with Gasteiger partial charge in [-0.2, -0.15) is 0 Å². The highest BCUT2D eigenvalue weighted by molar-refractivity contribution is 7.88. The van der Waals surface area contributed by atoms with Crippen LogP contribution in [0.5, 0.6) is 0 Å². The Labute approximate surface area is 182 Å². The van der Waals surface area contributed by atoms with Crippen molar-refractivity contribution >= 4 is 27.5 Å². The van der Waals surface area contributed by atoms with Crippen LogP contribution < -0.4 is 5.32 Å². The molecule has 5 nitrogen and oxygen atoms in total. The largest absolute Gasteiger partial charge is 0.355 e. The van der Waals surface area contributed by atoms with E-state index >= 15 is 0 Å². The summed E-state index contributed by atoms with van der Waals surface area (Å²) in [6.07, 6.45) is 0.881. The van der Waals surface area contributed by atoms with E-state index in [-0.39, 0.29) is 41.4 Å². The molecule has 1 saturated heterocycles. The summed E-state index contributed by atoms with van der Waals surface area (Å²) in [7, 11) is -3.72. The third kappa shape index (κ3) is 5.59.